The van der Waals surface area contributed by atoms with Crippen molar-refractivity contribution in [1.82, 2.24) is 15.3 Å². The molecule has 0 spiro atoms. The highest BCUT2D eigenvalue weighted by atomic mass is 32.2. The molecule has 0 bridgehead atoms. The zero-order chi connectivity index (χ0) is 14.4. The highest BCUT2D eigenvalue weighted by Gasteiger charge is 2.00. The molecule has 0 aliphatic heterocycles. The summed E-state index contributed by atoms with van der Waals surface area (Å²) in [6.45, 7) is 6.29. The van der Waals surface area contributed by atoms with Crippen LogP contribution in [0.2, 0.25) is 0 Å². The van der Waals surface area contributed by atoms with Crippen LogP contribution in [0.3, 0.4) is 0 Å². The van der Waals surface area contributed by atoms with Gasteiger partial charge in [0.15, 0.2) is 5.16 Å². The summed E-state index contributed by atoms with van der Waals surface area (Å²) in [6, 6.07) is 9.69. The first-order chi connectivity index (χ1) is 9.63. The van der Waals surface area contributed by atoms with Crippen molar-refractivity contribution < 1.29 is 0 Å². The van der Waals surface area contributed by atoms with Gasteiger partial charge >= 0.3 is 0 Å². The van der Waals surface area contributed by atoms with E-state index in [1.54, 1.807) is 0 Å². The number of H-pyrrole nitrogens is 1. The van der Waals surface area contributed by atoms with E-state index < -0.39 is 0 Å². The summed E-state index contributed by atoms with van der Waals surface area (Å²) in [7, 11) is 0. The van der Waals surface area contributed by atoms with E-state index in [1.165, 1.54) is 29.6 Å². The van der Waals surface area contributed by atoms with Crippen LogP contribution in [0.4, 0.5) is 0 Å². The minimum Gasteiger partial charge on any atom is -0.312 e. The van der Waals surface area contributed by atoms with Gasteiger partial charge in [0.2, 0.25) is 0 Å². The Balaban J connectivity index is 1.93. The number of nitrogens with zero attached hydrogens (tertiary/aromatic N) is 1. The standard InChI is InChI=1S/C15H19N3OS/c1-11(2)9-16-10-12-3-5-13(6-4-12)20-15-17-8-7-14(19)18-15/h3-8,11,16H,9-10H2,1-2H3,(H,17,18,19). The van der Waals surface area contributed by atoms with Gasteiger partial charge in [-0.25, -0.2) is 4.98 Å². The Labute approximate surface area is 123 Å². The van der Waals surface area contributed by atoms with Crippen LogP contribution in [-0.4, -0.2) is 16.5 Å². The van der Waals surface area contributed by atoms with Crippen molar-refractivity contribution in [3.63, 3.8) is 0 Å². The third kappa shape index (κ3) is 4.83. The SMILES string of the molecule is CC(C)CNCc1ccc(Sc2nccc(=O)[nH]2)cc1. The van der Waals surface area contributed by atoms with Crippen LogP contribution >= 0.6 is 11.8 Å². The van der Waals surface area contributed by atoms with E-state index in [0.717, 1.165) is 18.0 Å². The minimum absolute atomic E-state index is 0.128. The van der Waals surface area contributed by atoms with E-state index in [0.29, 0.717) is 11.1 Å². The summed E-state index contributed by atoms with van der Waals surface area (Å²) in [6.07, 6.45) is 1.52. The van der Waals surface area contributed by atoms with Gasteiger partial charge in [-0.15, -0.1) is 0 Å². The van der Waals surface area contributed by atoms with Gasteiger partial charge in [0.05, 0.1) is 0 Å². The van der Waals surface area contributed by atoms with Crippen LogP contribution in [0, 0.1) is 5.92 Å². The number of benzene rings is 1. The van der Waals surface area contributed by atoms with E-state index in [1.807, 2.05) is 12.1 Å². The average molecular weight is 289 g/mol. The maximum atomic E-state index is 11.2. The molecule has 0 saturated heterocycles. The summed E-state index contributed by atoms with van der Waals surface area (Å²) >= 11 is 1.45. The first-order valence-corrected chi connectivity index (χ1v) is 7.48. The van der Waals surface area contributed by atoms with Crippen molar-refractivity contribution in [2.75, 3.05) is 6.54 Å². The number of hydrogen-bond acceptors (Lipinski definition) is 4. The Bertz CT molecular complexity index is 593. The highest BCUT2D eigenvalue weighted by molar-refractivity contribution is 7.99. The molecule has 0 saturated carbocycles. The van der Waals surface area contributed by atoms with Gasteiger partial charge in [0, 0.05) is 23.7 Å². The Morgan fingerprint density at radius 3 is 2.65 bits per heavy atom. The average Bonchev–Trinajstić information content (AvgIpc) is 2.40. The molecule has 2 rings (SSSR count). The number of hydrogen-bond donors (Lipinski definition) is 2. The van der Waals surface area contributed by atoms with Crippen LogP contribution in [0.1, 0.15) is 19.4 Å². The van der Waals surface area contributed by atoms with Crippen LogP contribution in [0.25, 0.3) is 0 Å². The van der Waals surface area contributed by atoms with E-state index in [9.17, 15) is 4.79 Å². The molecule has 5 heteroatoms. The summed E-state index contributed by atoms with van der Waals surface area (Å²) in [4.78, 5) is 19.1. The molecule has 0 amide bonds. The van der Waals surface area contributed by atoms with Crippen LogP contribution in [0.15, 0.2) is 51.4 Å². The fraction of sp³-hybridized carbons (Fsp3) is 0.333. The fourth-order valence-electron chi connectivity index (χ4n) is 1.70. The number of nitrogens with one attached hydrogen (secondary N) is 2. The van der Waals surface area contributed by atoms with Crippen molar-refractivity contribution in [2.45, 2.75) is 30.4 Å². The normalized spacial score (nSPS) is 10.9. The zero-order valence-electron chi connectivity index (χ0n) is 11.7. The van der Waals surface area contributed by atoms with Crippen molar-refractivity contribution in [1.29, 1.82) is 0 Å². The van der Waals surface area contributed by atoms with Crippen molar-refractivity contribution in [3.05, 3.63) is 52.4 Å². The zero-order valence-corrected chi connectivity index (χ0v) is 12.5. The van der Waals surface area contributed by atoms with Crippen molar-refractivity contribution in [3.8, 4) is 0 Å². The maximum Gasteiger partial charge on any atom is 0.251 e. The lowest BCUT2D eigenvalue weighted by Gasteiger charge is -2.08. The smallest absolute Gasteiger partial charge is 0.251 e. The summed E-state index contributed by atoms with van der Waals surface area (Å²) in [5.41, 5.74) is 1.13. The Morgan fingerprint density at radius 1 is 1.25 bits per heavy atom. The van der Waals surface area contributed by atoms with E-state index in [2.05, 4.69) is 41.3 Å². The molecule has 106 valence electrons. The molecule has 20 heavy (non-hydrogen) atoms. The molecule has 0 aliphatic carbocycles. The van der Waals surface area contributed by atoms with Crippen molar-refractivity contribution >= 4 is 11.8 Å². The van der Waals surface area contributed by atoms with Gasteiger partial charge in [-0.05, 0) is 30.2 Å². The summed E-state index contributed by atoms with van der Waals surface area (Å²) in [5, 5.41) is 4.03. The van der Waals surface area contributed by atoms with Crippen LogP contribution in [-0.2, 0) is 6.54 Å². The Kier molecular flexibility index (Phi) is 5.38. The largest absolute Gasteiger partial charge is 0.312 e. The molecule has 0 fully saturated rings. The number of aromatic nitrogens is 2. The molecule has 0 atom stereocenters. The first kappa shape index (κ1) is 14.8. The molecule has 4 nitrogen and oxygen atoms in total. The summed E-state index contributed by atoms with van der Waals surface area (Å²) in [5.74, 6) is 0.658. The second-order valence-electron chi connectivity index (χ2n) is 5.01. The molecular weight excluding hydrogens is 270 g/mol. The minimum atomic E-state index is -0.128. The highest BCUT2D eigenvalue weighted by Crippen LogP contribution is 2.23. The van der Waals surface area contributed by atoms with Gasteiger partial charge < -0.3 is 10.3 Å². The van der Waals surface area contributed by atoms with Gasteiger partial charge in [-0.1, -0.05) is 37.7 Å². The quantitative estimate of drug-likeness (QED) is 0.803. The topological polar surface area (TPSA) is 57.8 Å². The van der Waals surface area contributed by atoms with Gasteiger partial charge in [-0.2, -0.15) is 0 Å². The Hall–Kier alpha value is -1.59. The fourth-order valence-corrected chi connectivity index (χ4v) is 2.46. The predicted molar refractivity (Wildman–Crippen MR) is 82.0 cm³/mol. The molecule has 2 N–H and O–H groups in total. The van der Waals surface area contributed by atoms with E-state index in [4.69, 9.17) is 0 Å². The molecular formula is C15H19N3OS. The van der Waals surface area contributed by atoms with Gasteiger partial charge in [-0.3, -0.25) is 4.79 Å². The second kappa shape index (κ2) is 7.26. The summed E-state index contributed by atoms with van der Waals surface area (Å²) < 4.78 is 0. The second-order valence-corrected chi connectivity index (χ2v) is 6.07. The molecule has 1 aromatic heterocycles. The molecule has 1 aromatic carbocycles. The maximum absolute atomic E-state index is 11.2. The van der Waals surface area contributed by atoms with Crippen LogP contribution in [0.5, 0.6) is 0 Å². The third-order valence-electron chi connectivity index (χ3n) is 2.67. The lowest BCUT2D eigenvalue weighted by atomic mass is 10.2. The monoisotopic (exact) mass is 289 g/mol. The first-order valence-electron chi connectivity index (χ1n) is 6.66. The lowest BCUT2D eigenvalue weighted by Crippen LogP contribution is -2.18. The van der Waals surface area contributed by atoms with Crippen LogP contribution < -0.4 is 10.9 Å². The number of rotatable bonds is 6. The van der Waals surface area contributed by atoms with E-state index in [-0.39, 0.29) is 5.56 Å². The molecule has 0 unspecified atom stereocenters. The van der Waals surface area contributed by atoms with Gasteiger partial charge in [0.25, 0.3) is 5.56 Å². The third-order valence-corrected chi connectivity index (χ3v) is 3.58. The lowest BCUT2D eigenvalue weighted by molar-refractivity contribution is 0.552. The molecule has 0 aliphatic rings. The molecule has 0 radical (unpaired) electrons. The number of aromatic amines is 1. The van der Waals surface area contributed by atoms with Gasteiger partial charge in [0.1, 0.15) is 0 Å². The van der Waals surface area contributed by atoms with E-state index >= 15 is 0 Å². The Morgan fingerprint density at radius 2 is 2.00 bits per heavy atom. The molecule has 1 heterocycles. The molecule has 2 aromatic rings. The predicted octanol–water partition coefficient (Wildman–Crippen LogP) is 2.67. The van der Waals surface area contributed by atoms with Crippen molar-refractivity contribution in [2.24, 2.45) is 5.92 Å².